The van der Waals surface area contributed by atoms with Crippen LogP contribution in [-0.4, -0.2) is 78.6 Å². The Balaban J connectivity index is 0.00000560. The Labute approximate surface area is 241 Å². The number of rotatable bonds is 12. The van der Waals surface area contributed by atoms with E-state index in [0.29, 0.717) is 36.8 Å². The van der Waals surface area contributed by atoms with E-state index in [0.717, 1.165) is 31.7 Å². The minimum absolute atomic E-state index is 0. The predicted octanol–water partition coefficient (Wildman–Crippen LogP) is 4.30. The molecule has 2 fully saturated rings. The molecule has 10 heteroatoms. The lowest BCUT2D eigenvalue weighted by Crippen LogP contribution is -2.37. The molecule has 2 aliphatic rings. The van der Waals surface area contributed by atoms with Crippen LogP contribution in [0, 0.1) is 16.7 Å². The third-order valence-corrected chi connectivity index (χ3v) is 8.70. The van der Waals surface area contributed by atoms with Crippen molar-refractivity contribution in [1.82, 2.24) is 20.4 Å². The minimum Gasteiger partial charge on any atom is -0.383 e. The molecule has 1 aromatic rings. The van der Waals surface area contributed by atoms with E-state index in [1.165, 1.54) is 35.9 Å². The van der Waals surface area contributed by atoms with Crippen molar-refractivity contribution in [2.24, 2.45) is 5.41 Å². The molecule has 0 aliphatic carbocycles. The highest BCUT2D eigenvalue weighted by atomic mass is 32.2. The summed E-state index contributed by atoms with van der Waals surface area (Å²) >= 11 is 1.24. The molecule has 0 saturated carbocycles. The summed E-state index contributed by atoms with van der Waals surface area (Å²) < 4.78 is 0. The van der Waals surface area contributed by atoms with E-state index in [-0.39, 0.29) is 27.1 Å². The summed E-state index contributed by atoms with van der Waals surface area (Å²) in [5.41, 5.74) is 1.26. The van der Waals surface area contributed by atoms with Crippen LogP contribution in [0.3, 0.4) is 0 Å². The van der Waals surface area contributed by atoms with E-state index in [9.17, 15) is 19.6 Å². The lowest BCUT2D eigenvalue weighted by molar-refractivity contribution is -0.127. The van der Waals surface area contributed by atoms with Crippen LogP contribution >= 0.6 is 11.8 Å². The standard InChI is InChI=1S/C29H42N6O3S.3H2/c1-5-29(3,4)20-33-26(37)23(18-30)28-35(6-2)27(38)24(39-28)19-32-22-12-10-21(11-13-22)25(36)31-14-17-34-15-8-7-9-16-34;;;/h10-13,24,32H,5-9,14-17,19-20H2,1-4H3,(H,31,36)(H,33,37);3*1H/b28-23-;;;. The quantitative estimate of drug-likeness (QED) is 0.258. The Kier molecular flexibility index (Phi) is 11.3. The summed E-state index contributed by atoms with van der Waals surface area (Å²) in [4.78, 5) is 42.3. The fourth-order valence-corrected chi connectivity index (χ4v) is 5.70. The van der Waals surface area contributed by atoms with Crippen molar-refractivity contribution < 1.29 is 18.7 Å². The van der Waals surface area contributed by atoms with Gasteiger partial charge >= 0.3 is 0 Å². The zero-order chi connectivity index (χ0) is 28.4. The molecular formula is C29H48N6O3S. The molecule has 218 valence electrons. The number of benzene rings is 1. The molecule has 0 bridgehead atoms. The molecule has 39 heavy (non-hydrogen) atoms. The van der Waals surface area contributed by atoms with Gasteiger partial charge in [0.1, 0.15) is 21.9 Å². The number of anilines is 1. The van der Waals surface area contributed by atoms with Gasteiger partial charge in [0.2, 0.25) is 5.91 Å². The van der Waals surface area contributed by atoms with E-state index in [2.05, 4.69) is 41.6 Å². The number of thioether (sulfide) groups is 1. The van der Waals surface area contributed by atoms with Crippen molar-refractivity contribution in [2.45, 2.75) is 58.6 Å². The average Bonchev–Trinajstić information content (AvgIpc) is 3.26. The maximum atomic E-state index is 13.1. The van der Waals surface area contributed by atoms with Gasteiger partial charge in [-0.3, -0.25) is 14.4 Å². The SMILES string of the molecule is CCN1C(=O)C(CNc2ccc(C(=O)NCCN3CCCCC3)cc2)S/C1=C(/C#N)C(=O)NCC(C)(C)CC.[HH].[HH].[HH]. The summed E-state index contributed by atoms with van der Waals surface area (Å²) in [7, 11) is 0. The molecule has 3 amide bonds. The van der Waals surface area contributed by atoms with Crippen LogP contribution in [0.5, 0.6) is 0 Å². The van der Waals surface area contributed by atoms with Crippen LogP contribution < -0.4 is 16.0 Å². The van der Waals surface area contributed by atoms with E-state index < -0.39 is 11.2 Å². The summed E-state index contributed by atoms with van der Waals surface area (Å²) in [6, 6.07) is 9.19. The topological polar surface area (TPSA) is 118 Å². The highest BCUT2D eigenvalue weighted by Gasteiger charge is 2.39. The van der Waals surface area contributed by atoms with Crippen LogP contribution in [0.2, 0.25) is 0 Å². The molecule has 1 atom stereocenters. The lowest BCUT2D eigenvalue weighted by atomic mass is 9.90. The number of nitrogens with zero attached hydrogens (tertiary/aromatic N) is 3. The fourth-order valence-electron chi connectivity index (χ4n) is 4.44. The molecule has 3 N–H and O–H groups in total. The third kappa shape index (κ3) is 8.48. The number of carbonyl (C=O) groups is 3. The summed E-state index contributed by atoms with van der Waals surface area (Å²) in [6.07, 6.45) is 4.64. The number of piperidine rings is 1. The smallest absolute Gasteiger partial charge is 0.264 e. The van der Waals surface area contributed by atoms with E-state index in [1.807, 2.05) is 25.1 Å². The van der Waals surface area contributed by atoms with E-state index >= 15 is 0 Å². The van der Waals surface area contributed by atoms with Gasteiger partial charge in [-0.15, -0.1) is 0 Å². The molecule has 3 rings (SSSR count). The first-order chi connectivity index (χ1) is 18.7. The molecule has 9 nitrogen and oxygen atoms in total. The van der Waals surface area contributed by atoms with Gasteiger partial charge in [-0.1, -0.05) is 39.0 Å². The zero-order valence-electron chi connectivity index (χ0n) is 23.6. The van der Waals surface area contributed by atoms with Gasteiger partial charge in [-0.2, -0.15) is 5.26 Å². The first-order valence-electron chi connectivity index (χ1n) is 13.9. The molecule has 2 aliphatic heterocycles. The predicted molar refractivity (Wildman–Crippen MR) is 162 cm³/mol. The molecule has 1 aromatic carbocycles. The molecular weight excluding hydrogens is 512 g/mol. The Morgan fingerprint density at radius 3 is 2.44 bits per heavy atom. The first kappa shape index (κ1) is 30.5. The highest BCUT2D eigenvalue weighted by molar-refractivity contribution is 8.04. The minimum atomic E-state index is -0.471. The summed E-state index contributed by atoms with van der Waals surface area (Å²) in [6.45, 7) is 12.8. The Morgan fingerprint density at radius 2 is 1.82 bits per heavy atom. The fraction of sp³-hybridized carbons (Fsp3) is 0.586. The normalized spacial score (nSPS) is 19.4. The number of carbonyl (C=O) groups excluding carboxylic acids is 3. The van der Waals surface area contributed by atoms with Gasteiger partial charge in [-0.25, -0.2) is 0 Å². The van der Waals surface area contributed by atoms with Crippen molar-refractivity contribution in [2.75, 3.05) is 51.1 Å². The number of nitrogens with one attached hydrogen (secondary N) is 3. The lowest BCUT2D eigenvalue weighted by Gasteiger charge is -2.26. The van der Waals surface area contributed by atoms with Crippen LogP contribution in [-0.2, 0) is 9.59 Å². The largest absolute Gasteiger partial charge is 0.383 e. The van der Waals surface area contributed by atoms with Gasteiger partial charge < -0.3 is 25.8 Å². The van der Waals surface area contributed by atoms with Gasteiger partial charge in [0, 0.05) is 48.3 Å². The molecule has 2 heterocycles. The van der Waals surface area contributed by atoms with Gasteiger partial charge in [-0.05, 0) is 69.0 Å². The van der Waals surface area contributed by atoms with Crippen LogP contribution in [0.25, 0.3) is 0 Å². The van der Waals surface area contributed by atoms with E-state index in [4.69, 9.17) is 0 Å². The maximum Gasteiger partial charge on any atom is 0.264 e. The highest BCUT2D eigenvalue weighted by Crippen LogP contribution is 2.37. The summed E-state index contributed by atoms with van der Waals surface area (Å²) in [5, 5.41) is 18.8. The monoisotopic (exact) mass is 560 g/mol. The zero-order valence-corrected chi connectivity index (χ0v) is 24.5. The molecule has 0 aromatic heterocycles. The van der Waals surface area contributed by atoms with Crippen LogP contribution in [0.4, 0.5) is 5.69 Å². The second-order valence-electron chi connectivity index (χ2n) is 10.8. The van der Waals surface area contributed by atoms with Gasteiger partial charge in [0.05, 0.1) is 0 Å². The second-order valence-corrected chi connectivity index (χ2v) is 12.0. The summed E-state index contributed by atoms with van der Waals surface area (Å²) in [5.74, 6) is -0.687. The Hall–Kier alpha value is -3.03. The van der Waals surface area contributed by atoms with Crippen molar-refractivity contribution in [3.8, 4) is 6.07 Å². The third-order valence-electron chi connectivity index (χ3n) is 7.40. The van der Waals surface area contributed by atoms with Crippen LogP contribution in [0.1, 0.15) is 68.0 Å². The van der Waals surface area contributed by atoms with Crippen LogP contribution in [0.15, 0.2) is 34.9 Å². The maximum absolute atomic E-state index is 13.1. The molecule has 2 saturated heterocycles. The number of nitriles is 1. The average molecular weight is 561 g/mol. The number of hydrogen-bond acceptors (Lipinski definition) is 7. The Bertz CT molecular complexity index is 1100. The van der Waals surface area contributed by atoms with Crippen molar-refractivity contribution in [3.63, 3.8) is 0 Å². The first-order valence-corrected chi connectivity index (χ1v) is 14.8. The number of hydrogen-bond donors (Lipinski definition) is 3. The molecule has 0 radical (unpaired) electrons. The Morgan fingerprint density at radius 1 is 1.13 bits per heavy atom. The molecule has 1 unspecified atom stereocenters. The van der Waals surface area contributed by atoms with Crippen molar-refractivity contribution >= 4 is 35.2 Å². The molecule has 0 spiro atoms. The van der Waals surface area contributed by atoms with Gasteiger partial charge in [0.15, 0.2) is 0 Å². The van der Waals surface area contributed by atoms with Crippen molar-refractivity contribution in [3.05, 3.63) is 40.4 Å². The number of likely N-dealkylation sites (tertiary alicyclic amines) is 1. The van der Waals surface area contributed by atoms with Gasteiger partial charge in [0.25, 0.3) is 11.8 Å². The van der Waals surface area contributed by atoms with E-state index in [1.54, 1.807) is 12.1 Å². The second kappa shape index (κ2) is 14.4. The van der Waals surface area contributed by atoms with Crippen molar-refractivity contribution in [1.29, 1.82) is 5.26 Å². The number of amides is 3.